The summed E-state index contributed by atoms with van der Waals surface area (Å²) in [6.07, 6.45) is 10.4. The van der Waals surface area contributed by atoms with Crippen LogP contribution in [-0.4, -0.2) is 44.5 Å². The van der Waals surface area contributed by atoms with E-state index in [-0.39, 0.29) is 0 Å². The molecule has 2 aliphatic heterocycles. The number of likely N-dealkylation sites (tertiary alicyclic amines) is 1. The van der Waals surface area contributed by atoms with Crippen molar-refractivity contribution in [3.8, 4) is 0 Å². The third-order valence-electron chi connectivity index (χ3n) is 4.93. The van der Waals surface area contributed by atoms with Gasteiger partial charge >= 0.3 is 0 Å². The Labute approximate surface area is 143 Å². The van der Waals surface area contributed by atoms with E-state index in [0.717, 1.165) is 55.6 Å². The molecule has 4 rings (SSSR count). The minimum absolute atomic E-state index is 0.350. The summed E-state index contributed by atoms with van der Waals surface area (Å²) in [4.78, 5) is 23.0. The molecule has 6 heteroatoms. The zero-order chi connectivity index (χ0) is 16.4. The monoisotopic (exact) mass is 324 g/mol. The Morgan fingerprint density at radius 1 is 1.08 bits per heavy atom. The maximum atomic E-state index is 4.80. The van der Waals surface area contributed by atoms with E-state index in [1.807, 2.05) is 31.6 Å². The van der Waals surface area contributed by atoms with Crippen molar-refractivity contribution in [3.05, 3.63) is 41.7 Å². The zero-order valence-electron chi connectivity index (χ0n) is 14.2. The van der Waals surface area contributed by atoms with Gasteiger partial charge in [0, 0.05) is 38.2 Å². The lowest BCUT2D eigenvalue weighted by Gasteiger charge is -2.24. The highest BCUT2D eigenvalue weighted by atomic mass is 15.3. The van der Waals surface area contributed by atoms with Gasteiger partial charge in [-0.15, -0.1) is 0 Å². The molecule has 1 atom stereocenters. The molecular weight excluding hydrogens is 300 g/mol. The molecule has 2 aliphatic rings. The van der Waals surface area contributed by atoms with E-state index in [1.165, 1.54) is 19.3 Å². The molecule has 2 aromatic heterocycles. The average Bonchev–Trinajstić information content (AvgIpc) is 3.27. The highest BCUT2D eigenvalue weighted by Crippen LogP contribution is 2.31. The van der Waals surface area contributed by atoms with Crippen LogP contribution in [0.1, 0.15) is 48.8 Å². The van der Waals surface area contributed by atoms with Crippen LogP contribution in [0.15, 0.2) is 24.7 Å². The summed E-state index contributed by atoms with van der Waals surface area (Å²) >= 11 is 0. The Balaban J connectivity index is 1.50. The maximum absolute atomic E-state index is 4.80. The normalized spacial score (nSPS) is 21.5. The molecule has 126 valence electrons. The molecule has 0 N–H and O–H groups in total. The largest absolute Gasteiger partial charge is 0.341 e. The summed E-state index contributed by atoms with van der Waals surface area (Å²) in [5.74, 6) is 0.885. The van der Waals surface area contributed by atoms with Crippen LogP contribution in [0.4, 0.5) is 5.95 Å². The lowest BCUT2D eigenvalue weighted by Crippen LogP contribution is -2.25. The fraction of sp³-hybridized carbons (Fsp3) is 0.556. The van der Waals surface area contributed by atoms with Crippen LogP contribution in [0.25, 0.3) is 0 Å². The van der Waals surface area contributed by atoms with Crippen molar-refractivity contribution >= 4 is 5.95 Å². The van der Waals surface area contributed by atoms with Gasteiger partial charge in [0.2, 0.25) is 5.95 Å². The van der Waals surface area contributed by atoms with Crippen LogP contribution >= 0.6 is 0 Å². The maximum Gasteiger partial charge on any atom is 0.225 e. The fourth-order valence-corrected chi connectivity index (χ4v) is 3.74. The first-order valence-corrected chi connectivity index (χ1v) is 8.89. The van der Waals surface area contributed by atoms with E-state index >= 15 is 0 Å². The third-order valence-corrected chi connectivity index (χ3v) is 4.93. The molecule has 0 bridgehead atoms. The van der Waals surface area contributed by atoms with Gasteiger partial charge in [0.15, 0.2) is 0 Å². The first-order valence-electron chi connectivity index (χ1n) is 8.89. The smallest absolute Gasteiger partial charge is 0.225 e. The van der Waals surface area contributed by atoms with Crippen LogP contribution in [0.2, 0.25) is 0 Å². The highest BCUT2D eigenvalue weighted by Gasteiger charge is 2.28. The van der Waals surface area contributed by atoms with Crippen molar-refractivity contribution in [1.29, 1.82) is 0 Å². The van der Waals surface area contributed by atoms with Crippen molar-refractivity contribution < 1.29 is 0 Å². The van der Waals surface area contributed by atoms with Gasteiger partial charge in [0.05, 0.1) is 23.1 Å². The summed E-state index contributed by atoms with van der Waals surface area (Å²) in [6.45, 7) is 6.10. The molecule has 0 amide bonds. The summed E-state index contributed by atoms with van der Waals surface area (Å²) in [7, 11) is 0. The van der Waals surface area contributed by atoms with E-state index in [0.29, 0.717) is 6.04 Å². The first-order chi connectivity index (χ1) is 11.8. The Morgan fingerprint density at radius 3 is 2.79 bits per heavy atom. The van der Waals surface area contributed by atoms with Crippen LogP contribution < -0.4 is 4.90 Å². The molecule has 2 fully saturated rings. The molecule has 0 radical (unpaired) electrons. The summed E-state index contributed by atoms with van der Waals surface area (Å²) in [5, 5.41) is 0. The summed E-state index contributed by atoms with van der Waals surface area (Å²) in [6, 6.07) is 2.39. The van der Waals surface area contributed by atoms with Crippen molar-refractivity contribution in [2.24, 2.45) is 0 Å². The van der Waals surface area contributed by atoms with E-state index in [9.17, 15) is 0 Å². The minimum atomic E-state index is 0.350. The lowest BCUT2D eigenvalue weighted by atomic mass is 10.1. The molecule has 0 unspecified atom stereocenters. The van der Waals surface area contributed by atoms with Gasteiger partial charge in [-0.1, -0.05) is 0 Å². The Bertz CT molecular complexity index is 697. The number of aryl methyl sites for hydroxylation is 1. The molecule has 0 spiro atoms. The van der Waals surface area contributed by atoms with Crippen molar-refractivity contribution in [2.75, 3.05) is 24.5 Å². The molecule has 6 nitrogen and oxygen atoms in total. The van der Waals surface area contributed by atoms with E-state index < -0.39 is 0 Å². The van der Waals surface area contributed by atoms with Crippen molar-refractivity contribution in [1.82, 2.24) is 24.8 Å². The predicted molar refractivity (Wildman–Crippen MR) is 92.6 cm³/mol. The molecule has 2 saturated heterocycles. The zero-order valence-corrected chi connectivity index (χ0v) is 14.2. The molecule has 0 aliphatic carbocycles. The number of hydrogen-bond donors (Lipinski definition) is 0. The van der Waals surface area contributed by atoms with Crippen LogP contribution in [0, 0.1) is 6.92 Å². The topological polar surface area (TPSA) is 58.0 Å². The standard InChI is InChI=1S/C18H24N6/c1-14-11-19-12-16(21-14)17-5-4-10-24(17)13-15-6-7-20-18(22-15)23-8-2-3-9-23/h6-7,11-12,17H,2-5,8-10,13H2,1H3/t17-/m0/s1. The fourth-order valence-electron chi connectivity index (χ4n) is 3.74. The number of nitrogens with zero attached hydrogens (tertiary/aromatic N) is 6. The quantitative estimate of drug-likeness (QED) is 0.861. The minimum Gasteiger partial charge on any atom is -0.341 e. The van der Waals surface area contributed by atoms with Crippen LogP contribution in [0.5, 0.6) is 0 Å². The molecule has 4 heterocycles. The van der Waals surface area contributed by atoms with Crippen molar-refractivity contribution in [2.45, 2.75) is 45.2 Å². The first kappa shape index (κ1) is 15.4. The van der Waals surface area contributed by atoms with E-state index in [2.05, 4.69) is 24.8 Å². The number of hydrogen-bond acceptors (Lipinski definition) is 6. The van der Waals surface area contributed by atoms with E-state index in [4.69, 9.17) is 4.98 Å². The molecule has 0 aromatic carbocycles. The van der Waals surface area contributed by atoms with Crippen LogP contribution in [0.3, 0.4) is 0 Å². The second-order valence-electron chi connectivity index (χ2n) is 6.76. The summed E-state index contributed by atoms with van der Waals surface area (Å²) < 4.78 is 0. The summed E-state index contributed by atoms with van der Waals surface area (Å²) in [5.41, 5.74) is 3.17. The van der Waals surface area contributed by atoms with Gasteiger partial charge in [-0.2, -0.15) is 0 Å². The Morgan fingerprint density at radius 2 is 1.96 bits per heavy atom. The van der Waals surface area contributed by atoms with Crippen LogP contribution in [-0.2, 0) is 6.54 Å². The van der Waals surface area contributed by atoms with Gasteiger partial charge in [0.1, 0.15) is 0 Å². The second-order valence-corrected chi connectivity index (χ2v) is 6.76. The Hall–Kier alpha value is -2.08. The number of rotatable bonds is 4. The molecule has 2 aromatic rings. The molecule has 0 saturated carbocycles. The van der Waals surface area contributed by atoms with Gasteiger partial charge in [0.25, 0.3) is 0 Å². The lowest BCUT2D eigenvalue weighted by molar-refractivity contribution is 0.241. The van der Waals surface area contributed by atoms with E-state index in [1.54, 1.807) is 0 Å². The molecular formula is C18H24N6. The number of aromatic nitrogens is 4. The van der Waals surface area contributed by atoms with Gasteiger partial charge in [-0.3, -0.25) is 14.9 Å². The Kier molecular flexibility index (Phi) is 4.38. The SMILES string of the molecule is Cc1cncc([C@@H]2CCCN2Cc2ccnc(N3CCCC3)n2)n1. The number of anilines is 1. The average molecular weight is 324 g/mol. The second kappa shape index (κ2) is 6.81. The highest BCUT2D eigenvalue weighted by molar-refractivity contribution is 5.31. The van der Waals surface area contributed by atoms with Gasteiger partial charge in [-0.25, -0.2) is 9.97 Å². The van der Waals surface area contributed by atoms with Gasteiger partial charge < -0.3 is 4.90 Å². The van der Waals surface area contributed by atoms with Crippen molar-refractivity contribution in [3.63, 3.8) is 0 Å². The third kappa shape index (κ3) is 3.24. The van der Waals surface area contributed by atoms with Gasteiger partial charge in [-0.05, 0) is 45.2 Å². The predicted octanol–water partition coefficient (Wildman–Crippen LogP) is 2.51. The molecule has 24 heavy (non-hydrogen) atoms.